The van der Waals surface area contributed by atoms with E-state index in [0.717, 1.165) is 5.56 Å². The molecule has 0 saturated carbocycles. The molecule has 0 aliphatic carbocycles. The van der Waals surface area contributed by atoms with Gasteiger partial charge in [0.15, 0.2) is 5.78 Å². The van der Waals surface area contributed by atoms with Crippen LogP contribution in [0.3, 0.4) is 0 Å². The molecular formula is C12H12FNO2. The van der Waals surface area contributed by atoms with Crippen LogP contribution in [0.5, 0.6) is 0 Å². The van der Waals surface area contributed by atoms with Crippen LogP contribution in [-0.4, -0.2) is 23.1 Å². The third kappa shape index (κ3) is 2.10. The zero-order valence-corrected chi connectivity index (χ0v) is 9.00. The van der Waals surface area contributed by atoms with Gasteiger partial charge in [0.25, 0.3) is 0 Å². The van der Waals surface area contributed by atoms with Gasteiger partial charge in [0.2, 0.25) is 5.91 Å². The maximum atomic E-state index is 13.0. The molecule has 0 spiro atoms. The molecule has 4 heteroatoms. The predicted molar refractivity (Wildman–Crippen MR) is 56.2 cm³/mol. The summed E-state index contributed by atoms with van der Waals surface area (Å²) in [7, 11) is 0. The topological polar surface area (TPSA) is 37.4 Å². The zero-order valence-electron chi connectivity index (χ0n) is 9.00. The Labute approximate surface area is 92.9 Å². The van der Waals surface area contributed by atoms with Crippen molar-refractivity contribution in [2.45, 2.75) is 19.9 Å². The number of aryl methyl sites for hydroxylation is 1. The van der Waals surface area contributed by atoms with Gasteiger partial charge in [-0.2, -0.15) is 0 Å². The molecule has 2 rings (SSSR count). The number of rotatable bonds is 2. The minimum atomic E-state index is -0.257. The van der Waals surface area contributed by atoms with E-state index in [1.54, 1.807) is 19.1 Å². The molecule has 16 heavy (non-hydrogen) atoms. The van der Waals surface area contributed by atoms with Crippen LogP contribution < -0.4 is 0 Å². The standard InChI is InChI=1S/C12H12FNO2/c1-8-4-9(2-3-11(8)13)6-14-7-10(15)5-12(14)16/h2-4H,5-7H2,1H3. The number of ketones is 1. The van der Waals surface area contributed by atoms with Crippen molar-refractivity contribution in [2.75, 3.05) is 6.54 Å². The fraction of sp³-hybridized carbons (Fsp3) is 0.333. The molecule has 84 valence electrons. The molecule has 3 nitrogen and oxygen atoms in total. The van der Waals surface area contributed by atoms with Crippen LogP contribution in [0.4, 0.5) is 4.39 Å². The lowest BCUT2D eigenvalue weighted by atomic mass is 10.1. The van der Waals surface area contributed by atoms with E-state index in [4.69, 9.17) is 0 Å². The lowest BCUT2D eigenvalue weighted by Crippen LogP contribution is -2.24. The number of hydrogen-bond acceptors (Lipinski definition) is 2. The molecule has 1 amide bonds. The summed E-state index contributed by atoms with van der Waals surface area (Å²) in [6.45, 7) is 2.23. The van der Waals surface area contributed by atoms with Gasteiger partial charge in [-0.05, 0) is 24.1 Å². The van der Waals surface area contributed by atoms with Gasteiger partial charge in [-0.15, -0.1) is 0 Å². The summed E-state index contributed by atoms with van der Waals surface area (Å²) in [5.74, 6) is -0.455. The van der Waals surface area contributed by atoms with Crippen molar-refractivity contribution in [3.05, 3.63) is 35.1 Å². The Morgan fingerprint density at radius 2 is 2.12 bits per heavy atom. The largest absolute Gasteiger partial charge is 0.331 e. The van der Waals surface area contributed by atoms with Crippen LogP contribution in [0.25, 0.3) is 0 Å². The Morgan fingerprint density at radius 1 is 1.38 bits per heavy atom. The lowest BCUT2D eigenvalue weighted by Gasteiger charge is -2.14. The van der Waals surface area contributed by atoms with Crippen LogP contribution in [0.1, 0.15) is 17.5 Å². The minimum absolute atomic E-state index is 0.000175. The minimum Gasteiger partial charge on any atom is -0.331 e. The van der Waals surface area contributed by atoms with Crippen LogP contribution in [0.15, 0.2) is 18.2 Å². The fourth-order valence-corrected chi connectivity index (χ4v) is 1.81. The highest BCUT2D eigenvalue weighted by Crippen LogP contribution is 2.14. The normalized spacial score (nSPS) is 16.0. The second kappa shape index (κ2) is 4.04. The predicted octanol–water partition coefficient (Wildman–Crippen LogP) is 1.44. The van der Waals surface area contributed by atoms with E-state index >= 15 is 0 Å². The molecular weight excluding hydrogens is 209 g/mol. The number of nitrogens with zero attached hydrogens (tertiary/aromatic N) is 1. The molecule has 1 aliphatic heterocycles. The average Bonchev–Trinajstić information content (AvgIpc) is 2.51. The van der Waals surface area contributed by atoms with Crippen molar-refractivity contribution in [3.63, 3.8) is 0 Å². The van der Waals surface area contributed by atoms with E-state index in [1.165, 1.54) is 11.0 Å². The van der Waals surface area contributed by atoms with Crippen molar-refractivity contribution in [1.29, 1.82) is 0 Å². The van der Waals surface area contributed by atoms with Gasteiger partial charge in [0.05, 0.1) is 13.0 Å². The summed E-state index contributed by atoms with van der Waals surface area (Å²) in [5.41, 5.74) is 1.40. The molecule has 1 fully saturated rings. The van der Waals surface area contributed by atoms with E-state index in [1.807, 2.05) is 0 Å². The Balaban J connectivity index is 2.12. The van der Waals surface area contributed by atoms with Crippen molar-refractivity contribution in [3.8, 4) is 0 Å². The Bertz CT molecular complexity index is 456. The van der Waals surface area contributed by atoms with Gasteiger partial charge in [-0.1, -0.05) is 12.1 Å². The molecule has 0 unspecified atom stereocenters. The number of carbonyl (C=O) groups excluding carboxylic acids is 2. The number of likely N-dealkylation sites (tertiary alicyclic amines) is 1. The van der Waals surface area contributed by atoms with Crippen LogP contribution in [0, 0.1) is 12.7 Å². The third-order valence-corrected chi connectivity index (χ3v) is 2.66. The molecule has 0 atom stereocenters. The molecule has 0 N–H and O–H groups in total. The summed E-state index contributed by atoms with van der Waals surface area (Å²) < 4.78 is 13.0. The van der Waals surface area contributed by atoms with E-state index in [-0.39, 0.29) is 30.5 Å². The maximum Gasteiger partial charge on any atom is 0.230 e. The highest BCUT2D eigenvalue weighted by atomic mass is 19.1. The average molecular weight is 221 g/mol. The van der Waals surface area contributed by atoms with Gasteiger partial charge < -0.3 is 4.90 Å². The van der Waals surface area contributed by atoms with Crippen molar-refractivity contribution < 1.29 is 14.0 Å². The van der Waals surface area contributed by atoms with Crippen molar-refractivity contribution in [1.82, 2.24) is 4.90 Å². The first kappa shape index (κ1) is 10.8. The first-order valence-corrected chi connectivity index (χ1v) is 5.11. The smallest absolute Gasteiger partial charge is 0.230 e. The molecule has 1 aromatic carbocycles. The van der Waals surface area contributed by atoms with Gasteiger partial charge in [-0.3, -0.25) is 9.59 Å². The molecule has 1 aliphatic rings. The second-order valence-electron chi connectivity index (χ2n) is 4.05. The summed E-state index contributed by atoms with van der Waals surface area (Å²) in [4.78, 5) is 23.9. The number of Topliss-reactive ketones (excluding diaryl/α,β-unsaturated/α-hetero) is 1. The molecule has 1 heterocycles. The Kier molecular flexibility index (Phi) is 2.73. The third-order valence-electron chi connectivity index (χ3n) is 2.66. The number of benzene rings is 1. The second-order valence-corrected chi connectivity index (χ2v) is 4.05. The fourth-order valence-electron chi connectivity index (χ4n) is 1.81. The number of amides is 1. The molecule has 1 saturated heterocycles. The van der Waals surface area contributed by atoms with Gasteiger partial charge in [-0.25, -0.2) is 4.39 Å². The summed E-state index contributed by atoms with van der Waals surface area (Å²) in [6.07, 6.45) is 0.000175. The van der Waals surface area contributed by atoms with Gasteiger partial charge in [0.1, 0.15) is 5.82 Å². The number of carbonyl (C=O) groups is 2. The van der Waals surface area contributed by atoms with Gasteiger partial charge in [0, 0.05) is 6.54 Å². The summed E-state index contributed by atoms with van der Waals surface area (Å²) >= 11 is 0. The van der Waals surface area contributed by atoms with E-state index < -0.39 is 0 Å². The quantitative estimate of drug-likeness (QED) is 0.708. The van der Waals surface area contributed by atoms with Crippen LogP contribution in [-0.2, 0) is 16.1 Å². The van der Waals surface area contributed by atoms with E-state index in [9.17, 15) is 14.0 Å². The van der Waals surface area contributed by atoms with Crippen LogP contribution >= 0.6 is 0 Å². The number of halogens is 1. The SMILES string of the molecule is Cc1cc(CN2CC(=O)CC2=O)ccc1F. The van der Waals surface area contributed by atoms with E-state index in [0.29, 0.717) is 12.1 Å². The monoisotopic (exact) mass is 221 g/mol. The van der Waals surface area contributed by atoms with Crippen molar-refractivity contribution in [2.24, 2.45) is 0 Å². The van der Waals surface area contributed by atoms with Gasteiger partial charge >= 0.3 is 0 Å². The number of hydrogen-bond donors (Lipinski definition) is 0. The summed E-state index contributed by atoms with van der Waals surface area (Å²) in [6, 6.07) is 4.72. The molecule has 0 radical (unpaired) electrons. The zero-order chi connectivity index (χ0) is 11.7. The summed E-state index contributed by atoms with van der Waals surface area (Å²) in [5, 5.41) is 0. The highest BCUT2D eigenvalue weighted by molar-refractivity contribution is 6.05. The first-order chi connectivity index (χ1) is 7.56. The molecule has 0 bridgehead atoms. The van der Waals surface area contributed by atoms with E-state index in [2.05, 4.69) is 0 Å². The maximum absolute atomic E-state index is 13.0. The Hall–Kier alpha value is -1.71. The first-order valence-electron chi connectivity index (χ1n) is 5.11. The molecule has 0 aromatic heterocycles. The van der Waals surface area contributed by atoms with Crippen molar-refractivity contribution >= 4 is 11.7 Å². The highest BCUT2D eigenvalue weighted by Gasteiger charge is 2.27. The molecule has 1 aromatic rings. The lowest BCUT2D eigenvalue weighted by molar-refractivity contribution is -0.128. The van der Waals surface area contributed by atoms with Crippen LogP contribution in [0.2, 0.25) is 0 Å². The Morgan fingerprint density at radius 3 is 2.69 bits per heavy atom.